The molecule has 1 aromatic carbocycles. The van der Waals surface area contributed by atoms with Gasteiger partial charge < -0.3 is 0 Å². The van der Waals surface area contributed by atoms with E-state index in [0.717, 1.165) is 33.5 Å². The van der Waals surface area contributed by atoms with E-state index < -0.39 is 11.9 Å². The number of fused-ring (bicyclic) bond motifs is 1. The summed E-state index contributed by atoms with van der Waals surface area (Å²) in [4.78, 5) is 32.6. The van der Waals surface area contributed by atoms with Gasteiger partial charge in [0, 0.05) is 22.6 Å². The summed E-state index contributed by atoms with van der Waals surface area (Å²) in [6.45, 7) is 15.5. The number of amides is 3. The normalized spacial score (nSPS) is 18.4. The third-order valence-electron chi connectivity index (χ3n) is 6.25. The number of imide groups is 1. The quantitative estimate of drug-likeness (QED) is 0.655. The van der Waals surface area contributed by atoms with Crippen LogP contribution in [0.1, 0.15) is 61.2 Å². The van der Waals surface area contributed by atoms with Gasteiger partial charge in [-0.05, 0) is 46.9 Å². The van der Waals surface area contributed by atoms with Crippen molar-refractivity contribution in [2.75, 3.05) is 0 Å². The van der Waals surface area contributed by atoms with Crippen molar-refractivity contribution < 1.29 is 9.59 Å². The summed E-state index contributed by atoms with van der Waals surface area (Å²) in [7, 11) is 0. The summed E-state index contributed by atoms with van der Waals surface area (Å²) in [6, 6.07) is 7.75. The Balaban J connectivity index is 1.63. The fourth-order valence-corrected chi connectivity index (χ4v) is 4.20. The molecule has 0 N–H and O–H groups in total. The van der Waals surface area contributed by atoms with Gasteiger partial charge in [0.05, 0.1) is 18.5 Å². The summed E-state index contributed by atoms with van der Waals surface area (Å²) in [5, 5.41) is 0. The van der Waals surface area contributed by atoms with Gasteiger partial charge in [0.15, 0.2) is 0 Å². The van der Waals surface area contributed by atoms with Crippen LogP contribution in [-0.4, -0.2) is 28.0 Å². The molecule has 5 heteroatoms. The van der Waals surface area contributed by atoms with Gasteiger partial charge in [0.2, 0.25) is 0 Å². The largest absolute Gasteiger partial charge is 0.350 e. The van der Waals surface area contributed by atoms with E-state index in [-0.39, 0.29) is 17.4 Å². The lowest BCUT2D eigenvalue weighted by Gasteiger charge is -2.37. The number of aryl methyl sites for hydroxylation is 1. The summed E-state index contributed by atoms with van der Waals surface area (Å²) < 4.78 is 0. The highest BCUT2D eigenvalue weighted by Gasteiger charge is 2.33. The van der Waals surface area contributed by atoms with Crippen LogP contribution < -0.4 is 0 Å². The SMILES string of the molecule is C=C(c1ccc(CN2C(=O)C=NC2=O)cn1)c1cc2c(cc1C)C(C)(C)C=CC2(C)C. The van der Waals surface area contributed by atoms with Crippen LogP contribution in [0.2, 0.25) is 0 Å². The lowest BCUT2D eigenvalue weighted by molar-refractivity contribution is -0.120. The first-order valence-corrected chi connectivity index (χ1v) is 10.4. The molecule has 1 aliphatic carbocycles. The number of allylic oxidation sites excluding steroid dienone is 2. The van der Waals surface area contributed by atoms with Crippen molar-refractivity contribution in [2.45, 2.75) is 52.0 Å². The van der Waals surface area contributed by atoms with Gasteiger partial charge in [-0.25, -0.2) is 4.79 Å². The minimum atomic E-state index is -0.539. The predicted molar refractivity (Wildman–Crippen MR) is 123 cm³/mol. The molecule has 2 aromatic rings. The van der Waals surface area contributed by atoms with E-state index in [0.29, 0.717) is 0 Å². The second-order valence-corrected chi connectivity index (χ2v) is 9.48. The number of hydrogen-bond acceptors (Lipinski definition) is 3. The van der Waals surface area contributed by atoms with Gasteiger partial charge in [-0.2, -0.15) is 4.99 Å². The zero-order valence-corrected chi connectivity index (χ0v) is 18.7. The second kappa shape index (κ2) is 7.12. The van der Waals surface area contributed by atoms with Crippen molar-refractivity contribution >= 4 is 23.7 Å². The van der Waals surface area contributed by atoms with Crippen molar-refractivity contribution in [1.82, 2.24) is 9.88 Å². The molecule has 4 rings (SSSR count). The maximum atomic E-state index is 11.7. The lowest BCUT2D eigenvalue weighted by atomic mass is 9.67. The molecule has 0 radical (unpaired) electrons. The molecule has 31 heavy (non-hydrogen) atoms. The van der Waals surface area contributed by atoms with Crippen LogP contribution in [0.4, 0.5) is 4.79 Å². The average Bonchev–Trinajstić information content (AvgIpc) is 3.03. The molecule has 1 aromatic heterocycles. The monoisotopic (exact) mass is 413 g/mol. The molecule has 0 unspecified atom stereocenters. The molecule has 0 saturated heterocycles. The number of aliphatic imine (C=N–C) groups is 1. The molecular formula is C26H27N3O2. The fraction of sp³-hybridized carbons (Fsp3) is 0.308. The van der Waals surface area contributed by atoms with Crippen LogP contribution in [-0.2, 0) is 22.2 Å². The zero-order chi connectivity index (χ0) is 22.6. The molecule has 0 saturated carbocycles. The predicted octanol–water partition coefficient (Wildman–Crippen LogP) is 5.11. The van der Waals surface area contributed by atoms with Crippen LogP contribution in [0.3, 0.4) is 0 Å². The summed E-state index contributed by atoms with van der Waals surface area (Å²) in [5.41, 5.74) is 7.22. The van der Waals surface area contributed by atoms with Crippen LogP contribution in [0, 0.1) is 6.92 Å². The van der Waals surface area contributed by atoms with E-state index in [1.165, 1.54) is 16.7 Å². The highest BCUT2D eigenvalue weighted by atomic mass is 16.2. The Labute approximate surface area is 183 Å². The molecule has 0 atom stereocenters. The molecule has 1 aliphatic heterocycles. The molecule has 2 heterocycles. The average molecular weight is 414 g/mol. The Morgan fingerprint density at radius 2 is 1.68 bits per heavy atom. The van der Waals surface area contributed by atoms with Gasteiger partial charge in [0.1, 0.15) is 0 Å². The van der Waals surface area contributed by atoms with E-state index in [1.807, 2.05) is 12.1 Å². The van der Waals surface area contributed by atoms with Crippen LogP contribution in [0.15, 0.2) is 54.2 Å². The lowest BCUT2D eigenvalue weighted by Crippen LogP contribution is -2.29. The topological polar surface area (TPSA) is 62.6 Å². The maximum Gasteiger partial charge on any atom is 0.350 e. The van der Waals surface area contributed by atoms with Gasteiger partial charge in [-0.1, -0.05) is 58.6 Å². The van der Waals surface area contributed by atoms with Crippen LogP contribution >= 0.6 is 0 Å². The smallest absolute Gasteiger partial charge is 0.267 e. The molecule has 5 nitrogen and oxygen atoms in total. The third-order valence-corrected chi connectivity index (χ3v) is 6.25. The van der Waals surface area contributed by atoms with Crippen LogP contribution in [0.5, 0.6) is 0 Å². The second-order valence-electron chi connectivity index (χ2n) is 9.48. The Morgan fingerprint density at radius 1 is 1.03 bits per heavy atom. The highest BCUT2D eigenvalue weighted by Crippen LogP contribution is 2.43. The summed E-state index contributed by atoms with van der Waals surface area (Å²) in [5.74, 6) is -0.400. The zero-order valence-electron chi connectivity index (χ0n) is 18.7. The number of nitrogens with zero attached hydrogens (tertiary/aromatic N) is 3. The third kappa shape index (κ3) is 3.65. The number of rotatable bonds is 4. The Hall–Kier alpha value is -3.34. The minimum Gasteiger partial charge on any atom is -0.267 e. The number of urea groups is 1. The van der Waals surface area contributed by atoms with E-state index >= 15 is 0 Å². The standard InChI is InChI=1S/C26H27N3O2/c1-16-11-20-21(26(5,6)10-9-25(20,3)4)12-19(16)17(2)22-8-7-18(13-27-22)15-29-23(30)14-28-24(29)31/h7-14H,2,15H2,1,3-6H3. The van der Waals surface area contributed by atoms with Gasteiger partial charge in [0.25, 0.3) is 5.91 Å². The van der Waals surface area contributed by atoms with E-state index in [1.54, 1.807) is 6.20 Å². The Bertz CT molecular complexity index is 1150. The van der Waals surface area contributed by atoms with E-state index in [4.69, 9.17) is 0 Å². The van der Waals surface area contributed by atoms with Crippen molar-refractivity contribution in [2.24, 2.45) is 4.99 Å². The van der Waals surface area contributed by atoms with Crippen LogP contribution in [0.25, 0.3) is 5.57 Å². The first kappa shape index (κ1) is 20.9. The summed E-state index contributed by atoms with van der Waals surface area (Å²) >= 11 is 0. The number of carbonyl (C=O) groups is 2. The number of carbonyl (C=O) groups excluding carboxylic acids is 2. The van der Waals surface area contributed by atoms with Gasteiger partial charge in [-0.15, -0.1) is 0 Å². The van der Waals surface area contributed by atoms with Gasteiger partial charge >= 0.3 is 6.03 Å². The molecule has 3 amide bonds. The summed E-state index contributed by atoms with van der Waals surface area (Å²) in [6.07, 6.45) is 7.31. The number of benzene rings is 1. The first-order valence-electron chi connectivity index (χ1n) is 10.4. The fourth-order valence-electron chi connectivity index (χ4n) is 4.20. The van der Waals surface area contributed by atoms with Crippen molar-refractivity contribution in [3.63, 3.8) is 0 Å². The van der Waals surface area contributed by atoms with Gasteiger partial charge in [-0.3, -0.25) is 14.7 Å². The van der Waals surface area contributed by atoms with E-state index in [9.17, 15) is 9.59 Å². The molecule has 0 bridgehead atoms. The van der Waals surface area contributed by atoms with Crippen molar-refractivity contribution in [3.05, 3.63) is 82.7 Å². The maximum absolute atomic E-state index is 11.7. The molecule has 0 spiro atoms. The Kier molecular flexibility index (Phi) is 4.80. The Morgan fingerprint density at radius 3 is 2.23 bits per heavy atom. The molecule has 158 valence electrons. The molecule has 2 aliphatic rings. The highest BCUT2D eigenvalue weighted by molar-refractivity contribution is 6.35. The van der Waals surface area contributed by atoms with Crippen molar-refractivity contribution in [1.29, 1.82) is 0 Å². The first-order chi connectivity index (χ1) is 14.5. The molecule has 0 fully saturated rings. The number of aromatic nitrogens is 1. The number of pyridine rings is 1. The van der Waals surface area contributed by atoms with Crippen molar-refractivity contribution in [3.8, 4) is 0 Å². The minimum absolute atomic E-state index is 0.0104. The number of hydrogen-bond donors (Lipinski definition) is 0. The van der Waals surface area contributed by atoms with E-state index in [2.05, 4.69) is 75.5 Å². The molecular weight excluding hydrogens is 386 g/mol.